The Morgan fingerprint density at radius 3 is 2.36 bits per heavy atom. The Bertz CT molecular complexity index is 664. The Hall–Kier alpha value is -1.40. The highest BCUT2D eigenvalue weighted by molar-refractivity contribution is 7.89. The molecule has 1 aliphatic rings. The van der Waals surface area contributed by atoms with Crippen molar-refractivity contribution in [3.05, 3.63) is 29.8 Å². The number of carbonyl (C=O) groups excluding carboxylic acids is 1. The molecule has 0 radical (unpaired) electrons. The lowest BCUT2D eigenvalue weighted by Gasteiger charge is -2.30. The van der Waals surface area contributed by atoms with Gasteiger partial charge in [-0.25, -0.2) is 8.42 Å². The maximum atomic E-state index is 12.8. The largest absolute Gasteiger partial charge is 0.350 e. The first kappa shape index (κ1) is 19.9. The van der Waals surface area contributed by atoms with Gasteiger partial charge < -0.3 is 5.32 Å². The SMILES string of the molecule is CCCC(C)NC(=O)c1ccc(S(=O)(=O)N(C)C2CCCCC2)cc1. The Morgan fingerprint density at radius 1 is 1.20 bits per heavy atom. The molecule has 1 aromatic rings. The lowest BCUT2D eigenvalue weighted by Crippen LogP contribution is -2.38. The smallest absolute Gasteiger partial charge is 0.251 e. The van der Waals surface area contributed by atoms with Crippen LogP contribution >= 0.6 is 0 Å². The van der Waals surface area contributed by atoms with E-state index in [2.05, 4.69) is 12.2 Å². The third kappa shape index (κ3) is 5.05. The van der Waals surface area contributed by atoms with Gasteiger partial charge in [0, 0.05) is 24.7 Å². The molecule has 140 valence electrons. The van der Waals surface area contributed by atoms with Gasteiger partial charge in [0.1, 0.15) is 0 Å². The number of nitrogens with zero attached hydrogens (tertiary/aromatic N) is 1. The van der Waals surface area contributed by atoms with Crippen LogP contribution in [0.4, 0.5) is 0 Å². The number of hydrogen-bond donors (Lipinski definition) is 1. The highest BCUT2D eigenvalue weighted by atomic mass is 32.2. The highest BCUT2D eigenvalue weighted by Gasteiger charge is 2.29. The lowest BCUT2D eigenvalue weighted by molar-refractivity contribution is 0.0938. The van der Waals surface area contributed by atoms with Crippen molar-refractivity contribution in [2.45, 2.75) is 75.8 Å². The highest BCUT2D eigenvalue weighted by Crippen LogP contribution is 2.26. The number of amides is 1. The molecule has 1 amide bonds. The molecule has 5 nitrogen and oxygen atoms in total. The fourth-order valence-electron chi connectivity index (χ4n) is 3.40. The minimum absolute atomic E-state index is 0.0802. The summed E-state index contributed by atoms with van der Waals surface area (Å²) >= 11 is 0. The van der Waals surface area contributed by atoms with Crippen molar-refractivity contribution in [1.29, 1.82) is 0 Å². The predicted octanol–water partition coefficient (Wildman–Crippen LogP) is 3.56. The summed E-state index contributed by atoms with van der Waals surface area (Å²) in [7, 11) is -1.85. The van der Waals surface area contributed by atoms with Crippen LogP contribution in [0.2, 0.25) is 0 Å². The molecule has 0 heterocycles. The molecule has 6 heteroatoms. The van der Waals surface area contributed by atoms with Gasteiger partial charge in [0.05, 0.1) is 4.90 Å². The maximum absolute atomic E-state index is 12.8. The van der Waals surface area contributed by atoms with Crippen LogP contribution in [-0.2, 0) is 10.0 Å². The normalized spacial score (nSPS) is 17.4. The van der Waals surface area contributed by atoms with Crippen LogP contribution in [0.25, 0.3) is 0 Å². The van der Waals surface area contributed by atoms with Gasteiger partial charge in [-0.3, -0.25) is 4.79 Å². The molecule has 1 unspecified atom stereocenters. The number of nitrogens with one attached hydrogen (secondary N) is 1. The van der Waals surface area contributed by atoms with E-state index >= 15 is 0 Å². The van der Waals surface area contributed by atoms with Crippen molar-refractivity contribution in [3.8, 4) is 0 Å². The van der Waals surface area contributed by atoms with Gasteiger partial charge in [-0.15, -0.1) is 0 Å². The zero-order chi connectivity index (χ0) is 18.4. The Balaban J connectivity index is 2.08. The van der Waals surface area contributed by atoms with Crippen LogP contribution in [-0.4, -0.2) is 37.8 Å². The van der Waals surface area contributed by atoms with E-state index in [1.165, 1.54) is 22.9 Å². The lowest BCUT2D eigenvalue weighted by atomic mass is 9.96. The average Bonchev–Trinajstić information content (AvgIpc) is 2.62. The molecule has 0 saturated heterocycles. The summed E-state index contributed by atoms with van der Waals surface area (Å²) in [5.74, 6) is -0.162. The first-order valence-corrected chi connectivity index (χ1v) is 10.7. The molecular formula is C19H30N2O3S. The zero-order valence-electron chi connectivity index (χ0n) is 15.5. The van der Waals surface area contributed by atoms with E-state index in [0.717, 1.165) is 38.5 Å². The van der Waals surface area contributed by atoms with E-state index in [1.807, 2.05) is 6.92 Å². The molecule has 1 fully saturated rings. The van der Waals surface area contributed by atoms with Crippen molar-refractivity contribution in [2.24, 2.45) is 0 Å². The zero-order valence-corrected chi connectivity index (χ0v) is 16.3. The standard InChI is InChI=1S/C19H30N2O3S/c1-4-8-15(2)20-19(22)16-11-13-18(14-12-16)25(23,24)21(3)17-9-6-5-7-10-17/h11-15,17H,4-10H2,1-3H3,(H,20,22). The Morgan fingerprint density at radius 2 is 1.80 bits per heavy atom. The summed E-state index contributed by atoms with van der Waals surface area (Å²) in [6, 6.07) is 6.45. The van der Waals surface area contributed by atoms with Gasteiger partial charge in [0.25, 0.3) is 5.91 Å². The average molecular weight is 367 g/mol. The number of carbonyl (C=O) groups is 1. The summed E-state index contributed by atoms with van der Waals surface area (Å²) in [5, 5.41) is 2.93. The van der Waals surface area contributed by atoms with E-state index in [9.17, 15) is 13.2 Å². The van der Waals surface area contributed by atoms with Gasteiger partial charge in [-0.1, -0.05) is 32.6 Å². The molecule has 1 saturated carbocycles. The van der Waals surface area contributed by atoms with Crippen molar-refractivity contribution < 1.29 is 13.2 Å². The first-order chi connectivity index (χ1) is 11.9. The number of hydrogen-bond acceptors (Lipinski definition) is 3. The number of rotatable bonds is 7. The fourth-order valence-corrected chi connectivity index (χ4v) is 4.81. The summed E-state index contributed by atoms with van der Waals surface area (Å²) in [6.45, 7) is 4.05. The van der Waals surface area contributed by atoms with Crippen molar-refractivity contribution in [1.82, 2.24) is 9.62 Å². The molecule has 0 bridgehead atoms. The fraction of sp³-hybridized carbons (Fsp3) is 0.632. The van der Waals surface area contributed by atoms with Crippen LogP contribution in [0.5, 0.6) is 0 Å². The predicted molar refractivity (Wildman–Crippen MR) is 100 cm³/mol. The second kappa shape index (κ2) is 8.81. The number of benzene rings is 1. The molecule has 25 heavy (non-hydrogen) atoms. The molecule has 1 N–H and O–H groups in total. The van der Waals surface area contributed by atoms with E-state index in [-0.39, 0.29) is 22.9 Å². The molecule has 1 atom stereocenters. The van der Waals surface area contributed by atoms with Gasteiger partial charge in [-0.05, 0) is 50.5 Å². The van der Waals surface area contributed by atoms with Crippen LogP contribution in [0, 0.1) is 0 Å². The van der Waals surface area contributed by atoms with Crippen molar-refractivity contribution in [3.63, 3.8) is 0 Å². The molecule has 0 aliphatic heterocycles. The molecule has 1 aromatic carbocycles. The molecule has 1 aliphatic carbocycles. The van der Waals surface area contributed by atoms with Crippen molar-refractivity contribution >= 4 is 15.9 Å². The van der Waals surface area contributed by atoms with Gasteiger partial charge >= 0.3 is 0 Å². The second-order valence-electron chi connectivity index (χ2n) is 7.00. The third-order valence-electron chi connectivity index (χ3n) is 4.98. The summed E-state index contributed by atoms with van der Waals surface area (Å²) in [4.78, 5) is 12.4. The molecule has 2 rings (SSSR count). The summed E-state index contributed by atoms with van der Waals surface area (Å²) < 4.78 is 27.1. The van der Waals surface area contributed by atoms with Gasteiger partial charge in [-0.2, -0.15) is 4.31 Å². The van der Waals surface area contributed by atoms with E-state index in [0.29, 0.717) is 5.56 Å². The van der Waals surface area contributed by atoms with Crippen molar-refractivity contribution in [2.75, 3.05) is 7.05 Å². The van der Waals surface area contributed by atoms with Crippen LogP contribution in [0.15, 0.2) is 29.2 Å². The molecule has 0 aromatic heterocycles. The summed E-state index contributed by atoms with van der Waals surface area (Å²) in [5.41, 5.74) is 0.488. The van der Waals surface area contributed by atoms with Crippen LogP contribution < -0.4 is 5.32 Å². The second-order valence-corrected chi connectivity index (χ2v) is 9.00. The summed E-state index contributed by atoms with van der Waals surface area (Å²) in [6.07, 6.45) is 7.12. The Labute approximate surface area is 151 Å². The molecule has 0 spiro atoms. The van der Waals surface area contributed by atoms with Crippen LogP contribution in [0.1, 0.15) is 69.2 Å². The van der Waals surface area contributed by atoms with E-state index in [1.54, 1.807) is 19.2 Å². The maximum Gasteiger partial charge on any atom is 0.251 e. The van der Waals surface area contributed by atoms with E-state index in [4.69, 9.17) is 0 Å². The quantitative estimate of drug-likeness (QED) is 0.802. The monoisotopic (exact) mass is 366 g/mol. The minimum atomic E-state index is -3.51. The van der Waals surface area contributed by atoms with E-state index < -0.39 is 10.0 Å². The van der Waals surface area contributed by atoms with Gasteiger partial charge in [0.2, 0.25) is 10.0 Å². The Kier molecular flexibility index (Phi) is 7.02. The minimum Gasteiger partial charge on any atom is -0.350 e. The van der Waals surface area contributed by atoms with Crippen LogP contribution in [0.3, 0.4) is 0 Å². The van der Waals surface area contributed by atoms with Gasteiger partial charge in [0.15, 0.2) is 0 Å². The topological polar surface area (TPSA) is 66.5 Å². The third-order valence-corrected chi connectivity index (χ3v) is 6.91. The number of sulfonamides is 1. The molecular weight excluding hydrogens is 336 g/mol. The first-order valence-electron chi connectivity index (χ1n) is 9.25.